The Kier molecular flexibility index (Phi) is 4.18. The third kappa shape index (κ3) is 3.07. The van der Waals surface area contributed by atoms with Crippen molar-refractivity contribution in [1.29, 1.82) is 5.41 Å². The topological polar surface area (TPSA) is 90.7 Å². The molecule has 2 aliphatic rings. The highest BCUT2D eigenvalue weighted by Gasteiger charge is 2.36. The van der Waals surface area contributed by atoms with E-state index in [-0.39, 0.29) is 21.6 Å². The van der Waals surface area contributed by atoms with E-state index in [1.165, 1.54) is 16.6 Å². The number of hydrogen-bond acceptors (Lipinski definition) is 6. The standard InChI is InChI=1S/C16H15N3O3S2/c1-3-10-4-6-11(7-5-10)8-12-13(20)9-14-19(15(12)17)18-16(23-14)24(2,21)22/h4-9,17H,3H2,1-2H3/b12-8-,17-15?. The number of allylic oxidation sites excluding steroid dienone is 1. The Morgan fingerprint density at radius 3 is 2.54 bits per heavy atom. The van der Waals surface area contributed by atoms with E-state index >= 15 is 0 Å². The molecule has 0 aliphatic carbocycles. The number of ketones is 1. The van der Waals surface area contributed by atoms with E-state index in [0.29, 0.717) is 5.03 Å². The largest absolute Gasteiger partial charge is 0.289 e. The zero-order valence-electron chi connectivity index (χ0n) is 13.1. The molecular formula is C16H15N3O3S2. The van der Waals surface area contributed by atoms with Crippen molar-refractivity contribution < 1.29 is 13.2 Å². The first-order valence-corrected chi connectivity index (χ1v) is 9.92. The number of thioether (sulfide) groups is 1. The van der Waals surface area contributed by atoms with Crippen molar-refractivity contribution in [3.05, 3.63) is 52.1 Å². The average molecular weight is 361 g/mol. The molecule has 24 heavy (non-hydrogen) atoms. The number of hydrazone groups is 1. The minimum absolute atomic E-state index is 0.111. The number of rotatable bonds is 2. The normalized spacial score (nSPS) is 19.4. The van der Waals surface area contributed by atoms with Gasteiger partial charge in [-0.2, -0.15) is 0 Å². The molecule has 0 radical (unpaired) electrons. The number of aryl methyl sites for hydroxylation is 1. The monoisotopic (exact) mass is 361 g/mol. The molecule has 0 saturated carbocycles. The van der Waals surface area contributed by atoms with Crippen LogP contribution in [-0.2, 0) is 21.1 Å². The van der Waals surface area contributed by atoms with Gasteiger partial charge in [-0.1, -0.05) is 31.2 Å². The SMILES string of the molecule is CCc1ccc(/C=C2\C(=N)N3N=C(S(C)(=O)=O)SC3=CC2=O)cc1. The molecule has 6 nitrogen and oxygen atoms in total. The van der Waals surface area contributed by atoms with Crippen LogP contribution < -0.4 is 0 Å². The predicted molar refractivity (Wildman–Crippen MR) is 96.3 cm³/mol. The number of benzene rings is 1. The maximum absolute atomic E-state index is 12.3. The summed E-state index contributed by atoms with van der Waals surface area (Å²) in [6.45, 7) is 2.06. The molecule has 1 aromatic rings. The van der Waals surface area contributed by atoms with Crippen LogP contribution in [0, 0.1) is 5.41 Å². The van der Waals surface area contributed by atoms with E-state index in [1.54, 1.807) is 6.08 Å². The molecular weight excluding hydrogens is 346 g/mol. The van der Waals surface area contributed by atoms with Gasteiger partial charge in [-0.25, -0.2) is 13.4 Å². The fourth-order valence-corrected chi connectivity index (χ4v) is 4.04. The molecule has 1 aromatic carbocycles. The molecule has 0 fully saturated rings. The molecule has 0 aromatic heterocycles. The van der Waals surface area contributed by atoms with Gasteiger partial charge in [0.25, 0.3) is 0 Å². The van der Waals surface area contributed by atoms with Crippen LogP contribution in [0.3, 0.4) is 0 Å². The summed E-state index contributed by atoms with van der Waals surface area (Å²) in [6, 6.07) is 7.71. The summed E-state index contributed by atoms with van der Waals surface area (Å²) in [4.78, 5) is 12.3. The molecule has 0 atom stereocenters. The van der Waals surface area contributed by atoms with E-state index in [0.717, 1.165) is 30.0 Å². The quantitative estimate of drug-likeness (QED) is 0.817. The maximum Gasteiger partial charge on any atom is 0.215 e. The van der Waals surface area contributed by atoms with E-state index < -0.39 is 9.84 Å². The van der Waals surface area contributed by atoms with Gasteiger partial charge in [-0.3, -0.25) is 10.2 Å². The van der Waals surface area contributed by atoms with Crippen molar-refractivity contribution in [2.75, 3.05) is 6.26 Å². The minimum atomic E-state index is -3.48. The van der Waals surface area contributed by atoms with Gasteiger partial charge in [-0.15, -0.1) is 5.10 Å². The second kappa shape index (κ2) is 6.03. The summed E-state index contributed by atoms with van der Waals surface area (Å²) in [5, 5.41) is 13.7. The second-order valence-corrected chi connectivity index (χ2v) is 8.60. The number of carbonyl (C=O) groups is 1. The lowest BCUT2D eigenvalue weighted by Gasteiger charge is -2.21. The van der Waals surface area contributed by atoms with Crippen molar-refractivity contribution in [2.24, 2.45) is 5.10 Å². The summed E-state index contributed by atoms with van der Waals surface area (Å²) in [5.74, 6) is -0.452. The van der Waals surface area contributed by atoms with Crippen LogP contribution >= 0.6 is 11.8 Å². The second-order valence-electron chi connectivity index (χ2n) is 5.40. The van der Waals surface area contributed by atoms with Gasteiger partial charge in [0.2, 0.25) is 14.2 Å². The van der Waals surface area contributed by atoms with Crippen LogP contribution in [0.15, 0.2) is 46.0 Å². The summed E-state index contributed by atoms with van der Waals surface area (Å²) < 4.78 is 23.1. The fraction of sp³-hybridized carbons (Fsp3) is 0.188. The Labute approximate surface area is 144 Å². The molecule has 8 heteroatoms. The average Bonchev–Trinajstić information content (AvgIpc) is 2.96. The van der Waals surface area contributed by atoms with Crippen molar-refractivity contribution in [1.82, 2.24) is 5.01 Å². The molecule has 2 aliphatic heterocycles. The Bertz CT molecular complexity index is 926. The summed E-state index contributed by atoms with van der Waals surface area (Å²) in [7, 11) is -3.48. The van der Waals surface area contributed by atoms with E-state index in [9.17, 15) is 13.2 Å². The van der Waals surface area contributed by atoms with Gasteiger partial charge < -0.3 is 0 Å². The van der Waals surface area contributed by atoms with Crippen molar-refractivity contribution >= 4 is 43.7 Å². The van der Waals surface area contributed by atoms with Gasteiger partial charge in [0, 0.05) is 12.3 Å². The Hall–Kier alpha value is -2.19. The molecule has 2 heterocycles. The third-order valence-electron chi connectivity index (χ3n) is 3.59. The lowest BCUT2D eigenvalue weighted by molar-refractivity contribution is -0.111. The Morgan fingerprint density at radius 1 is 1.29 bits per heavy atom. The molecule has 0 bridgehead atoms. The van der Waals surface area contributed by atoms with Crippen molar-refractivity contribution in [3.8, 4) is 0 Å². The zero-order valence-corrected chi connectivity index (χ0v) is 14.7. The highest BCUT2D eigenvalue weighted by molar-refractivity contribution is 8.37. The number of hydrogen-bond donors (Lipinski definition) is 1. The van der Waals surface area contributed by atoms with E-state index in [2.05, 4.69) is 12.0 Å². The smallest absolute Gasteiger partial charge is 0.215 e. The summed E-state index contributed by atoms with van der Waals surface area (Å²) in [5.41, 5.74) is 2.17. The highest BCUT2D eigenvalue weighted by Crippen LogP contribution is 2.36. The van der Waals surface area contributed by atoms with E-state index in [4.69, 9.17) is 5.41 Å². The van der Waals surface area contributed by atoms with E-state index in [1.807, 2.05) is 24.3 Å². The summed E-state index contributed by atoms with van der Waals surface area (Å²) >= 11 is 0.882. The zero-order chi connectivity index (χ0) is 17.5. The number of nitrogens with one attached hydrogen (secondary N) is 1. The molecule has 1 N–H and O–H groups in total. The van der Waals surface area contributed by atoms with Gasteiger partial charge in [0.1, 0.15) is 5.03 Å². The van der Waals surface area contributed by atoms with Crippen molar-refractivity contribution in [2.45, 2.75) is 13.3 Å². The van der Waals surface area contributed by atoms with Gasteiger partial charge in [0.05, 0.1) is 5.57 Å². The Balaban J connectivity index is 1.97. The van der Waals surface area contributed by atoms with Crippen LogP contribution in [0.25, 0.3) is 6.08 Å². The van der Waals surface area contributed by atoms with Crippen LogP contribution in [0.5, 0.6) is 0 Å². The number of nitrogens with zero attached hydrogens (tertiary/aromatic N) is 2. The molecule has 0 spiro atoms. The molecule has 124 valence electrons. The first-order valence-electron chi connectivity index (χ1n) is 7.22. The highest BCUT2D eigenvalue weighted by atomic mass is 32.3. The van der Waals surface area contributed by atoms with Gasteiger partial charge in [-0.05, 0) is 35.4 Å². The summed E-state index contributed by atoms with van der Waals surface area (Å²) in [6.07, 6.45) is 4.91. The van der Waals surface area contributed by atoms with Crippen LogP contribution in [0.4, 0.5) is 0 Å². The number of fused-ring (bicyclic) bond motifs is 1. The van der Waals surface area contributed by atoms with Crippen molar-refractivity contribution in [3.63, 3.8) is 0 Å². The lowest BCUT2D eigenvalue weighted by atomic mass is 10.0. The first kappa shape index (κ1) is 16.7. The molecule has 0 saturated heterocycles. The van der Waals surface area contributed by atoms with Gasteiger partial charge >= 0.3 is 0 Å². The van der Waals surface area contributed by atoms with Crippen LogP contribution in [0.2, 0.25) is 0 Å². The number of carbonyl (C=O) groups excluding carboxylic acids is 1. The minimum Gasteiger partial charge on any atom is -0.289 e. The molecule has 0 amide bonds. The third-order valence-corrected chi connectivity index (χ3v) is 6.22. The lowest BCUT2D eigenvalue weighted by Crippen LogP contribution is -2.30. The van der Waals surface area contributed by atoms with Crippen LogP contribution in [-0.4, -0.2) is 35.7 Å². The maximum atomic E-state index is 12.3. The fourth-order valence-electron chi connectivity index (χ4n) is 2.26. The molecule has 0 unspecified atom stereocenters. The number of amidine groups is 1. The first-order chi connectivity index (χ1) is 11.3. The molecule has 3 rings (SSSR count). The van der Waals surface area contributed by atoms with Gasteiger partial charge in [0.15, 0.2) is 11.6 Å². The Morgan fingerprint density at radius 2 is 1.96 bits per heavy atom. The predicted octanol–water partition coefficient (Wildman–Crippen LogP) is 2.40. The van der Waals surface area contributed by atoms with Crippen LogP contribution in [0.1, 0.15) is 18.1 Å². The number of sulfone groups is 1.